The molecule has 0 saturated heterocycles. The first-order valence-corrected chi connectivity index (χ1v) is 11.1. The summed E-state index contributed by atoms with van der Waals surface area (Å²) in [6.07, 6.45) is 1.71. The van der Waals surface area contributed by atoms with Crippen molar-refractivity contribution in [1.29, 1.82) is 0 Å². The van der Waals surface area contributed by atoms with Gasteiger partial charge in [0.25, 0.3) is 17.3 Å². The van der Waals surface area contributed by atoms with Crippen LogP contribution in [0, 0.1) is 20.2 Å². The molecular formula is C25H21N5O8. The summed E-state index contributed by atoms with van der Waals surface area (Å²) in [5.74, 6) is -1.48. The summed E-state index contributed by atoms with van der Waals surface area (Å²) in [6.45, 7) is 0.177. The lowest BCUT2D eigenvalue weighted by Gasteiger charge is -2.05. The maximum atomic E-state index is 12.3. The van der Waals surface area contributed by atoms with Gasteiger partial charge in [0.05, 0.1) is 21.6 Å². The summed E-state index contributed by atoms with van der Waals surface area (Å²) in [5.41, 5.74) is 2.59. The summed E-state index contributed by atoms with van der Waals surface area (Å²) in [4.78, 5) is 56.9. The Labute approximate surface area is 215 Å². The van der Waals surface area contributed by atoms with Crippen LogP contribution in [0.3, 0.4) is 0 Å². The number of nitro groups is 2. The molecule has 0 bridgehead atoms. The third kappa shape index (κ3) is 8.05. The van der Waals surface area contributed by atoms with E-state index < -0.39 is 27.6 Å². The molecule has 0 saturated carbocycles. The SMILES string of the molecule is O=C(CCCNC(=O)c1cccc([N+](=O)[O-])c1)NN=Cc1cccc(OC(=O)c2cccc([N+](=O)[O-])c2)c1. The second-order valence-electron chi connectivity index (χ2n) is 7.73. The fourth-order valence-corrected chi connectivity index (χ4v) is 3.12. The van der Waals surface area contributed by atoms with Crippen LogP contribution in [0.2, 0.25) is 0 Å². The number of carbonyl (C=O) groups excluding carboxylic acids is 3. The zero-order chi connectivity index (χ0) is 27.5. The lowest BCUT2D eigenvalue weighted by Crippen LogP contribution is -2.26. The number of nitrogens with one attached hydrogen (secondary N) is 2. The third-order valence-electron chi connectivity index (χ3n) is 4.95. The lowest BCUT2D eigenvalue weighted by atomic mass is 10.2. The molecule has 0 aromatic heterocycles. The van der Waals surface area contributed by atoms with Gasteiger partial charge in [0.15, 0.2) is 0 Å². The first-order chi connectivity index (χ1) is 18.2. The van der Waals surface area contributed by atoms with E-state index in [0.29, 0.717) is 12.0 Å². The molecule has 0 aliphatic carbocycles. The molecule has 0 aliphatic heterocycles. The van der Waals surface area contributed by atoms with Gasteiger partial charge in [-0.25, -0.2) is 10.2 Å². The largest absolute Gasteiger partial charge is 0.423 e. The minimum atomic E-state index is -0.770. The molecule has 2 N–H and O–H groups in total. The van der Waals surface area contributed by atoms with Crippen molar-refractivity contribution in [3.63, 3.8) is 0 Å². The predicted molar refractivity (Wildman–Crippen MR) is 135 cm³/mol. The number of nitro benzene ring substituents is 2. The van der Waals surface area contributed by atoms with Crippen LogP contribution >= 0.6 is 0 Å². The number of rotatable bonds is 11. The molecule has 0 heterocycles. The molecule has 2 amide bonds. The molecule has 0 atom stereocenters. The highest BCUT2D eigenvalue weighted by molar-refractivity contribution is 5.95. The molecule has 194 valence electrons. The number of non-ortho nitro benzene ring substituents is 2. The van der Waals surface area contributed by atoms with Gasteiger partial charge in [0.1, 0.15) is 5.75 Å². The van der Waals surface area contributed by atoms with Gasteiger partial charge in [0.2, 0.25) is 5.91 Å². The zero-order valence-corrected chi connectivity index (χ0v) is 19.7. The Morgan fingerprint density at radius 1 is 0.868 bits per heavy atom. The van der Waals surface area contributed by atoms with Gasteiger partial charge in [-0.05, 0) is 36.2 Å². The molecule has 13 nitrogen and oxygen atoms in total. The van der Waals surface area contributed by atoms with Crippen molar-refractivity contribution in [2.24, 2.45) is 5.10 Å². The molecule has 0 unspecified atom stereocenters. The van der Waals surface area contributed by atoms with Gasteiger partial charge in [-0.2, -0.15) is 5.10 Å². The van der Waals surface area contributed by atoms with Crippen LogP contribution in [0.25, 0.3) is 0 Å². The number of hydrazone groups is 1. The Bertz CT molecular complexity index is 1410. The maximum Gasteiger partial charge on any atom is 0.343 e. The summed E-state index contributed by atoms with van der Waals surface area (Å²) in [6, 6.07) is 16.7. The molecule has 0 spiro atoms. The van der Waals surface area contributed by atoms with Crippen molar-refractivity contribution in [1.82, 2.24) is 10.7 Å². The van der Waals surface area contributed by atoms with E-state index >= 15 is 0 Å². The first-order valence-electron chi connectivity index (χ1n) is 11.1. The number of carbonyl (C=O) groups is 3. The van der Waals surface area contributed by atoms with Crippen LogP contribution in [0.4, 0.5) is 11.4 Å². The second-order valence-corrected chi connectivity index (χ2v) is 7.73. The zero-order valence-electron chi connectivity index (χ0n) is 19.7. The Morgan fingerprint density at radius 3 is 2.18 bits per heavy atom. The van der Waals surface area contributed by atoms with Gasteiger partial charge in [-0.3, -0.25) is 29.8 Å². The number of nitrogens with zero attached hydrogens (tertiary/aromatic N) is 3. The Hall–Kier alpha value is -5.46. The molecule has 0 radical (unpaired) electrons. The Kier molecular flexibility index (Phi) is 9.29. The molecule has 3 rings (SSSR count). The Balaban J connectivity index is 1.43. The van der Waals surface area contributed by atoms with Crippen LogP contribution in [0.5, 0.6) is 5.75 Å². The fraction of sp³-hybridized carbons (Fsp3) is 0.120. The van der Waals surface area contributed by atoms with Crippen LogP contribution < -0.4 is 15.5 Å². The quantitative estimate of drug-likeness (QED) is 0.0964. The minimum absolute atomic E-state index is 0.0202. The molecular weight excluding hydrogens is 498 g/mol. The van der Waals surface area contributed by atoms with Crippen molar-refractivity contribution < 1.29 is 29.0 Å². The molecule has 38 heavy (non-hydrogen) atoms. The van der Waals surface area contributed by atoms with Gasteiger partial charge in [0, 0.05) is 42.8 Å². The molecule has 0 aliphatic rings. The van der Waals surface area contributed by atoms with E-state index in [1.807, 2.05) is 0 Å². The van der Waals surface area contributed by atoms with Gasteiger partial charge in [-0.1, -0.05) is 24.3 Å². The first kappa shape index (κ1) is 27.1. The predicted octanol–water partition coefficient (Wildman–Crippen LogP) is 3.38. The van der Waals surface area contributed by atoms with E-state index in [1.165, 1.54) is 60.8 Å². The van der Waals surface area contributed by atoms with Gasteiger partial charge >= 0.3 is 5.97 Å². The highest BCUT2D eigenvalue weighted by Gasteiger charge is 2.14. The number of ether oxygens (including phenoxy) is 1. The van der Waals surface area contributed by atoms with Gasteiger partial charge in [-0.15, -0.1) is 0 Å². The van der Waals surface area contributed by atoms with E-state index in [1.54, 1.807) is 12.1 Å². The van der Waals surface area contributed by atoms with E-state index in [9.17, 15) is 34.6 Å². The Morgan fingerprint density at radius 2 is 1.50 bits per heavy atom. The van der Waals surface area contributed by atoms with E-state index in [-0.39, 0.29) is 41.2 Å². The van der Waals surface area contributed by atoms with E-state index in [4.69, 9.17) is 4.74 Å². The summed E-state index contributed by atoms with van der Waals surface area (Å²) in [5, 5.41) is 28.1. The van der Waals surface area contributed by atoms with Crippen LogP contribution in [-0.2, 0) is 4.79 Å². The standard InChI is InChI=1S/C25H21N5O8/c31-23(11-4-12-26-24(32)18-6-2-8-20(14-18)29(34)35)28-27-16-17-5-1-10-22(13-17)38-25(33)19-7-3-9-21(15-19)30(36)37/h1-3,5-10,13-16H,4,11-12H2,(H,26,32)(H,28,31). The van der Waals surface area contributed by atoms with Crippen molar-refractivity contribution in [2.45, 2.75) is 12.8 Å². The number of benzene rings is 3. The molecule has 3 aromatic rings. The van der Waals surface area contributed by atoms with Gasteiger partial charge < -0.3 is 10.1 Å². The second kappa shape index (κ2) is 13.0. The summed E-state index contributed by atoms with van der Waals surface area (Å²) >= 11 is 0. The average Bonchev–Trinajstić information content (AvgIpc) is 2.91. The number of esters is 1. The third-order valence-corrected chi connectivity index (χ3v) is 4.95. The van der Waals surface area contributed by atoms with Crippen molar-refractivity contribution >= 4 is 35.4 Å². The number of amides is 2. The van der Waals surface area contributed by atoms with Crippen LogP contribution in [0.15, 0.2) is 77.9 Å². The maximum absolute atomic E-state index is 12.3. The molecule has 0 fully saturated rings. The monoisotopic (exact) mass is 519 g/mol. The van der Waals surface area contributed by atoms with Crippen LogP contribution in [-0.4, -0.2) is 40.4 Å². The smallest absolute Gasteiger partial charge is 0.343 e. The minimum Gasteiger partial charge on any atom is -0.423 e. The topological polar surface area (TPSA) is 183 Å². The highest BCUT2D eigenvalue weighted by atomic mass is 16.6. The normalized spacial score (nSPS) is 10.5. The molecule has 13 heteroatoms. The fourth-order valence-electron chi connectivity index (χ4n) is 3.12. The van der Waals surface area contributed by atoms with E-state index in [0.717, 1.165) is 6.07 Å². The number of hydrogen-bond acceptors (Lipinski definition) is 9. The summed E-state index contributed by atoms with van der Waals surface area (Å²) in [7, 11) is 0. The summed E-state index contributed by atoms with van der Waals surface area (Å²) < 4.78 is 5.26. The van der Waals surface area contributed by atoms with Crippen molar-refractivity contribution in [3.8, 4) is 5.75 Å². The average molecular weight is 519 g/mol. The highest BCUT2D eigenvalue weighted by Crippen LogP contribution is 2.18. The van der Waals surface area contributed by atoms with E-state index in [2.05, 4.69) is 15.8 Å². The lowest BCUT2D eigenvalue weighted by molar-refractivity contribution is -0.385. The number of hydrogen-bond donors (Lipinski definition) is 2. The van der Waals surface area contributed by atoms with Crippen molar-refractivity contribution in [3.05, 3.63) is 110 Å². The molecule has 3 aromatic carbocycles. The van der Waals surface area contributed by atoms with Crippen LogP contribution in [0.1, 0.15) is 39.1 Å². The van der Waals surface area contributed by atoms with Crippen molar-refractivity contribution in [2.75, 3.05) is 6.54 Å².